The molecule has 144 valence electrons. The molecule has 0 amide bonds. The van der Waals surface area contributed by atoms with E-state index in [-0.39, 0.29) is 6.04 Å². The minimum absolute atomic E-state index is 0.142. The lowest BCUT2D eigenvalue weighted by Crippen LogP contribution is -2.31. The first-order valence-corrected chi connectivity index (χ1v) is 10.2. The largest absolute Gasteiger partial charge is 0.494 e. The van der Waals surface area contributed by atoms with Crippen LogP contribution in [-0.4, -0.2) is 24.8 Å². The topological polar surface area (TPSA) is 36.5 Å². The van der Waals surface area contributed by atoms with Crippen LogP contribution in [-0.2, 0) is 0 Å². The number of benzene rings is 2. The Bertz CT molecular complexity index is 724. The highest BCUT2D eigenvalue weighted by Crippen LogP contribution is 2.22. The highest BCUT2D eigenvalue weighted by Gasteiger charge is 2.12. The average molecular weight is 384 g/mol. The van der Waals surface area contributed by atoms with E-state index in [0.717, 1.165) is 11.4 Å². The van der Waals surface area contributed by atoms with Gasteiger partial charge in [0, 0.05) is 24.5 Å². The summed E-state index contributed by atoms with van der Waals surface area (Å²) in [5.41, 5.74) is 3.50. The molecule has 0 saturated carbocycles. The normalized spacial score (nSPS) is 15.1. The number of thiocarbonyl (C=S) groups is 1. The van der Waals surface area contributed by atoms with Crippen LogP contribution in [0.2, 0.25) is 0 Å². The van der Waals surface area contributed by atoms with Crippen molar-refractivity contribution in [2.75, 3.05) is 29.9 Å². The monoisotopic (exact) mass is 383 g/mol. The van der Waals surface area contributed by atoms with Crippen molar-refractivity contribution in [1.29, 1.82) is 0 Å². The molecule has 3 rings (SSSR count). The van der Waals surface area contributed by atoms with Gasteiger partial charge in [-0.2, -0.15) is 0 Å². The SMILES string of the molecule is CCOc1ccc(NC(=S)N[C@H](C)c2ccc(N3CCCCC3)cc2)cc1. The Balaban J connectivity index is 1.52. The van der Waals surface area contributed by atoms with E-state index in [1.807, 2.05) is 31.2 Å². The van der Waals surface area contributed by atoms with E-state index in [9.17, 15) is 0 Å². The molecule has 0 spiro atoms. The molecule has 2 N–H and O–H groups in total. The zero-order chi connectivity index (χ0) is 19.1. The van der Waals surface area contributed by atoms with E-state index in [1.165, 1.54) is 43.6 Å². The molecule has 5 heteroatoms. The first-order chi connectivity index (χ1) is 13.2. The Morgan fingerprint density at radius 3 is 2.33 bits per heavy atom. The number of nitrogens with zero attached hydrogens (tertiary/aromatic N) is 1. The van der Waals surface area contributed by atoms with Crippen LogP contribution >= 0.6 is 12.2 Å². The maximum Gasteiger partial charge on any atom is 0.171 e. The Morgan fingerprint density at radius 1 is 1.04 bits per heavy atom. The van der Waals surface area contributed by atoms with Crippen molar-refractivity contribution in [3.05, 3.63) is 54.1 Å². The van der Waals surface area contributed by atoms with Gasteiger partial charge in [-0.15, -0.1) is 0 Å². The standard InChI is InChI=1S/C22H29N3OS/c1-3-26-21-13-9-19(10-14-21)24-22(27)23-17(2)18-7-11-20(12-8-18)25-15-5-4-6-16-25/h7-14,17H,3-6,15-16H2,1-2H3,(H2,23,24,27)/t17-/m1/s1. The summed E-state index contributed by atoms with van der Waals surface area (Å²) in [7, 11) is 0. The number of nitrogens with one attached hydrogen (secondary N) is 2. The zero-order valence-electron chi connectivity index (χ0n) is 16.2. The quantitative estimate of drug-likeness (QED) is 0.677. The molecular formula is C22H29N3OS. The smallest absolute Gasteiger partial charge is 0.171 e. The number of ether oxygens (including phenoxy) is 1. The molecule has 0 bridgehead atoms. The third-order valence-electron chi connectivity index (χ3n) is 4.89. The van der Waals surface area contributed by atoms with Crippen molar-refractivity contribution in [2.24, 2.45) is 0 Å². The predicted octanol–water partition coefficient (Wildman–Crippen LogP) is 5.12. The fourth-order valence-electron chi connectivity index (χ4n) is 3.37. The van der Waals surface area contributed by atoms with Crippen LogP contribution < -0.4 is 20.3 Å². The van der Waals surface area contributed by atoms with Gasteiger partial charge in [-0.05, 0) is 87.3 Å². The van der Waals surface area contributed by atoms with Crippen molar-refractivity contribution >= 4 is 28.7 Å². The lowest BCUT2D eigenvalue weighted by Gasteiger charge is -2.29. The molecule has 1 fully saturated rings. The average Bonchev–Trinajstić information content (AvgIpc) is 2.70. The van der Waals surface area contributed by atoms with E-state index >= 15 is 0 Å². The zero-order valence-corrected chi connectivity index (χ0v) is 17.0. The minimum Gasteiger partial charge on any atom is -0.494 e. The summed E-state index contributed by atoms with van der Waals surface area (Å²) in [5, 5.41) is 7.21. The van der Waals surface area contributed by atoms with Gasteiger partial charge < -0.3 is 20.3 Å². The second-order valence-electron chi connectivity index (χ2n) is 6.92. The highest BCUT2D eigenvalue weighted by atomic mass is 32.1. The lowest BCUT2D eigenvalue weighted by molar-refractivity contribution is 0.340. The maximum atomic E-state index is 5.46. The fraction of sp³-hybridized carbons (Fsp3) is 0.409. The van der Waals surface area contributed by atoms with E-state index in [0.29, 0.717) is 11.7 Å². The van der Waals surface area contributed by atoms with Crippen molar-refractivity contribution < 1.29 is 4.74 Å². The fourth-order valence-corrected chi connectivity index (χ4v) is 3.67. The van der Waals surface area contributed by atoms with Gasteiger partial charge >= 0.3 is 0 Å². The molecule has 0 aromatic heterocycles. The molecule has 2 aromatic carbocycles. The number of anilines is 2. The Kier molecular flexibility index (Phi) is 6.93. The molecule has 27 heavy (non-hydrogen) atoms. The van der Waals surface area contributed by atoms with E-state index in [2.05, 4.69) is 46.7 Å². The van der Waals surface area contributed by atoms with Crippen LogP contribution in [0.1, 0.15) is 44.7 Å². The van der Waals surface area contributed by atoms with Gasteiger partial charge in [0.15, 0.2) is 5.11 Å². The van der Waals surface area contributed by atoms with Crippen LogP contribution in [0.5, 0.6) is 5.75 Å². The van der Waals surface area contributed by atoms with Gasteiger partial charge in [0.2, 0.25) is 0 Å². The molecule has 1 aliphatic rings. The number of hydrogen-bond acceptors (Lipinski definition) is 3. The molecule has 1 atom stereocenters. The van der Waals surface area contributed by atoms with Gasteiger partial charge in [-0.1, -0.05) is 12.1 Å². The molecule has 1 aliphatic heterocycles. The van der Waals surface area contributed by atoms with Gasteiger partial charge in [0.1, 0.15) is 5.75 Å². The van der Waals surface area contributed by atoms with Crippen molar-refractivity contribution in [1.82, 2.24) is 5.32 Å². The second kappa shape index (κ2) is 9.60. The summed E-state index contributed by atoms with van der Waals surface area (Å²) < 4.78 is 5.46. The number of hydrogen-bond donors (Lipinski definition) is 2. The summed E-state index contributed by atoms with van der Waals surface area (Å²) in [5.74, 6) is 0.865. The number of piperidine rings is 1. The van der Waals surface area contributed by atoms with Crippen molar-refractivity contribution in [2.45, 2.75) is 39.2 Å². The summed E-state index contributed by atoms with van der Waals surface area (Å²) in [6.45, 7) is 7.11. The van der Waals surface area contributed by atoms with Gasteiger partial charge in [-0.25, -0.2) is 0 Å². The molecule has 0 aliphatic carbocycles. The highest BCUT2D eigenvalue weighted by molar-refractivity contribution is 7.80. The van der Waals surface area contributed by atoms with Gasteiger partial charge in [0.25, 0.3) is 0 Å². The Labute approximate surface area is 167 Å². The molecule has 2 aromatic rings. The van der Waals surface area contributed by atoms with E-state index in [4.69, 9.17) is 17.0 Å². The molecule has 0 unspecified atom stereocenters. The molecule has 1 saturated heterocycles. The molecule has 4 nitrogen and oxygen atoms in total. The van der Waals surface area contributed by atoms with Crippen molar-refractivity contribution in [3.8, 4) is 5.75 Å². The third kappa shape index (κ3) is 5.60. The van der Waals surface area contributed by atoms with Crippen LogP contribution in [0, 0.1) is 0 Å². The van der Waals surface area contributed by atoms with Crippen molar-refractivity contribution in [3.63, 3.8) is 0 Å². The summed E-state index contributed by atoms with van der Waals surface area (Å²) >= 11 is 5.46. The maximum absolute atomic E-state index is 5.46. The Hall–Kier alpha value is -2.27. The summed E-state index contributed by atoms with van der Waals surface area (Å²) in [6.07, 6.45) is 3.95. The second-order valence-corrected chi connectivity index (χ2v) is 7.33. The van der Waals surface area contributed by atoms with E-state index in [1.54, 1.807) is 0 Å². The van der Waals surface area contributed by atoms with E-state index < -0.39 is 0 Å². The van der Waals surface area contributed by atoms with Gasteiger partial charge in [-0.3, -0.25) is 0 Å². The molecular weight excluding hydrogens is 354 g/mol. The van der Waals surface area contributed by atoms with Crippen LogP contribution in [0.4, 0.5) is 11.4 Å². The van der Waals surface area contributed by atoms with Crippen LogP contribution in [0.15, 0.2) is 48.5 Å². The summed E-state index contributed by atoms with van der Waals surface area (Å²) in [4.78, 5) is 2.48. The Morgan fingerprint density at radius 2 is 1.70 bits per heavy atom. The molecule has 0 radical (unpaired) electrons. The minimum atomic E-state index is 0.142. The molecule has 1 heterocycles. The van der Waals surface area contributed by atoms with Crippen LogP contribution in [0.25, 0.3) is 0 Å². The summed E-state index contributed by atoms with van der Waals surface area (Å²) in [6, 6.07) is 16.8. The first-order valence-electron chi connectivity index (χ1n) is 9.81. The third-order valence-corrected chi connectivity index (χ3v) is 5.11. The lowest BCUT2D eigenvalue weighted by atomic mass is 10.1. The van der Waals surface area contributed by atoms with Gasteiger partial charge in [0.05, 0.1) is 12.6 Å². The number of rotatable bonds is 6. The first kappa shape index (κ1) is 19.5. The van der Waals surface area contributed by atoms with Crippen LogP contribution in [0.3, 0.4) is 0 Å². The predicted molar refractivity (Wildman–Crippen MR) is 118 cm³/mol.